The van der Waals surface area contributed by atoms with Crippen LogP contribution in [0.4, 0.5) is 5.69 Å². The summed E-state index contributed by atoms with van der Waals surface area (Å²) in [6, 6.07) is 9.39. The third kappa shape index (κ3) is 3.42. The van der Waals surface area contributed by atoms with Crippen molar-refractivity contribution in [1.29, 1.82) is 0 Å². The Labute approximate surface area is 119 Å². The Hall–Kier alpha value is -1.66. The van der Waals surface area contributed by atoms with Crippen LogP contribution in [0.15, 0.2) is 41.4 Å². The van der Waals surface area contributed by atoms with Crippen LogP contribution in [0.5, 0.6) is 0 Å². The van der Waals surface area contributed by atoms with Gasteiger partial charge in [-0.25, -0.2) is 0 Å². The first-order chi connectivity index (χ1) is 9.08. The standard InChI is InChI=1S/C13H11NO3S2/c15-11(16)6-9-12(17)10(19-13(9)18)7-14-8-4-2-1-3-5-8/h1-5,7,9,14H,6H2,(H,15,16)/b10-7-/t9-/m1/s1. The van der Waals surface area contributed by atoms with Crippen molar-refractivity contribution in [3.05, 3.63) is 41.4 Å². The summed E-state index contributed by atoms with van der Waals surface area (Å²) in [5, 5.41) is 11.7. The van der Waals surface area contributed by atoms with Gasteiger partial charge in [-0.3, -0.25) is 9.59 Å². The summed E-state index contributed by atoms with van der Waals surface area (Å²) in [6.45, 7) is 0. The Balaban J connectivity index is 2.08. The van der Waals surface area contributed by atoms with Crippen LogP contribution in [0.3, 0.4) is 0 Å². The third-order valence-corrected chi connectivity index (χ3v) is 4.14. The Bertz CT molecular complexity index is 554. The largest absolute Gasteiger partial charge is 0.481 e. The van der Waals surface area contributed by atoms with Gasteiger partial charge in [-0.2, -0.15) is 0 Å². The molecule has 1 heterocycles. The predicted molar refractivity (Wildman–Crippen MR) is 79.1 cm³/mol. The van der Waals surface area contributed by atoms with Crippen LogP contribution < -0.4 is 5.32 Å². The monoisotopic (exact) mass is 293 g/mol. The first-order valence-electron chi connectivity index (χ1n) is 5.57. The number of carboxylic acids is 1. The van der Waals surface area contributed by atoms with Crippen molar-refractivity contribution in [2.24, 2.45) is 5.92 Å². The maximum atomic E-state index is 12.0. The van der Waals surface area contributed by atoms with E-state index in [0.29, 0.717) is 9.10 Å². The fourth-order valence-electron chi connectivity index (χ4n) is 1.64. The third-order valence-electron chi connectivity index (χ3n) is 2.58. The van der Waals surface area contributed by atoms with E-state index < -0.39 is 11.9 Å². The highest BCUT2D eigenvalue weighted by molar-refractivity contribution is 8.27. The molecule has 0 bridgehead atoms. The zero-order valence-corrected chi connectivity index (χ0v) is 11.5. The summed E-state index contributed by atoms with van der Waals surface area (Å²) in [4.78, 5) is 23.1. The molecule has 6 heteroatoms. The summed E-state index contributed by atoms with van der Waals surface area (Å²) in [5.41, 5.74) is 0.857. The van der Waals surface area contributed by atoms with Gasteiger partial charge in [-0.1, -0.05) is 42.2 Å². The summed E-state index contributed by atoms with van der Waals surface area (Å²) in [5.74, 6) is -1.93. The van der Waals surface area contributed by atoms with E-state index in [1.165, 1.54) is 0 Å². The molecule has 1 aliphatic heterocycles. The molecule has 0 aromatic heterocycles. The minimum absolute atomic E-state index is 0.221. The van der Waals surface area contributed by atoms with Gasteiger partial charge in [0.05, 0.1) is 21.4 Å². The van der Waals surface area contributed by atoms with Gasteiger partial charge >= 0.3 is 5.97 Å². The summed E-state index contributed by atoms with van der Waals surface area (Å²) in [7, 11) is 0. The normalized spacial score (nSPS) is 20.8. The van der Waals surface area contributed by atoms with Crippen molar-refractivity contribution in [3.63, 3.8) is 0 Å². The van der Waals surface area contributed by atoms with E-state index in [2.05, 4.69) is 5.32 Å². The van der Waals surface area contributed by atoms with E-state index in [1.54, 1.807) is 6.20 Å². The van der Waals surface area contributed by atoms with Crippen molar-refractivity contribution >= 4 is 45.6 Å². The maximum Gasteiger partial charge on any atom is 0.304 e. The molecule has 1 fully saturated rings. The maximum absolute atomic E-state index is 12.0. The molecule has 0 unspecified atom stereocenters. The number of thiocarbonyl (C=S) groups is 1. The van der Waals surface area contributed by atoms with E-state index in [1.807, 2.05) is 30.3 Å². The lowest BCUT2D eigenvalue weighted by molar-refractivity contribution is -0.139. The first-order valence-corrected chi connectivity index (χ1v) is 6.80. The quantitative estimate of drug-likeness (QED) is 0.657. The van der Waals surface area contributed by atoms with Gasteiger partial charge in [-0.15, -0.1) is 0 Å². The van der Waals surface area contributed by atoms with Crippen LogP contribution in [-0.2, 0) is 9.59 Å². The fraction of sp³-hybridized carbons (Fsp3) is 0.154. The highest BCUT2D eigenvalue weighted by atomic mass is 32.2. The highest BCUT2D eigenvalue weighted by Crippen LogP contribution is 2.36. The SMILES string of the molecule is O=C(O)C[C@@H]1C(=O)/C(=C/Nc2ccccc2)SC1=S. The van der Waals surface area contributed by atoms with Gasteiger partial charge in [0.15, 0.2) is 5.78 Å². The number of hydrogen-bond acceptors (Lipinski definition) is 5. The van der Waals surface area contributed by atoms with Gasteiger partial charge in [0, 0.05) is 11.9 Å². The minimum Gasteiger partial charge on any atom is -0.481 e. The Morgan fingerprint density at radius 2 is 2.11 bits per heavy atom. The number of para-hydroxylation sites is 1. The number of aliphatic carboxylic acids is 1. The molecule has 2 rings (SSSR count). The number of carbonyl (C=O) groups is 2. The van der Waals surface area contributed by atoms with Gasteiger partial charge in [-0.05, 0) is 12.1 Å². The van der Waals surface area contributed by atoms with Crippen molar-refractivity contribution < 1.29 is 14.7 Å². The molecule has 1 aromatic carbocycles. The van der Waals surface area contributed by atoms with Crippen molar-refractivity contribution in [2.45, 2.75) is 6.42 Å². The van der Waals surface area contributed by atoms with E-state index >= 15 is 0 Å². The van der Waals surface area contributed by atoms with Crippen LogP contribution in [0.1, 0.15) is 6.42 Å². The second-order valence-corrected chi connectivity index (χ2v) is 5.74. The molecule has 1 aromatic rings. The molecular weight excluding hydrogens is 282 g/mol. The molecule has 19 heavy (non-hydrogen) atoms. The number of ketones is 1. The van der Waals surface area contributed by atoms with Gasteiger partial charge in [0.1, 0.15) is 0 Å². The van der Waals surface area contributed by atoms with Crippen molar-refractivity contribution in [1.82, 2.24) is 0 Å². The number of carbonyl (C=O) groups excluding carboxylic acids is 1. The highest BCUT2D eigenvalue weighted by Gasteiger charge is 2.36. The number of rotatable bonds is 4. The lowest BCUT2D eigenvalue weighted by Crippen LogP contribution is -2.17. The summed E-state index contributed by atoms with van der Waals surface area (Å²) >= 11 is 6.21. The van der Waals surface area contributed by atoms with Crippen LogP contribution in [0.2, 0.25) is 0 Å². The second-order valence-electron chi connectivity index (χ2n) is 3.95. The number of Topliss-reactive ketones (excluding diaryl/α,β-unsaturated/α-hetero) is 1. The molecule has 2 N–H and O–H groups in total. The lowest BCUT2D eigenvalue weighted by Gasteiger charge is -2.02. The minimum atomic E-state index is -1.02. The molecular formula is C13H11NO3S2. The fourth-order valence-corrected chi connectivity index (χ4v) is 3.01. The van der Waals surface area contributed by atoms with E-state index in [0.717, 1.165) is 17.4 Å². The van der Waals surface area contributed by atoms with Crippen LogP contribution >= 0.6 is 24.0 Å². The molecule has 1 atom stereocenters. The van der Waals surface area contributed by atoms with Crippen LogP contribution in [0.25, 0.3) is 0 Å². The number of hydrogen-bond donors (Lipinski definition) is 2. The average molecular weight is 293 g/mol. The second kappa shape index (κ2) is 5.99. The van der Waals surface area contributed by atoms with E-state index in [-0.39, 0.29) is 12.2 Å². The first kappa shape index (κ1) is 13.8. The number of anilines is 1. The van der Waals surface area contributed by atoms with Gasteiger partial charge < -0.3 is 10.4 Å². The number of allylic oxidation sites excluding steroid dienone is 1. The molecule has 1 aliphatic rings. The summed E-state index contributed by atoms with van der Waals surface area (Å²) in [6.07, 6.45) is 1.34. The zero-order valence-electron chi connectivity index (χ0n) is 9.83. The zero-order chi connectivity index (χ0) is 13.8. The molecule has 0 aliphatic carbocycles. The molecule has 0 spiro atoms. The summed E-state index contributed by atoms with van der Waals surface area (Å²) < 4.78 is 0.425. The molecule has 0 saturated carbocycles. The van der Waals surface area contributed by atoms with Crippen LogP contribution in [0, 0.1) is 5.92 Å². The van der Waals surface area contributed by atoms with E-state index in [9.17, 15) is 9.59 Å². The Kier molecular flexibility index (Phi) is 4.34. The Morgan fingerprint density at radius 3 is 2.74 bits per heavy atom. The molecule has 0 radical (unpaired) electrons. The molecule has 0 amide bonds. The Morgan fingerprint density at radius 1 is 1.42 bits per heavy atom. The van der Waals surface area contributed by atoms with Gasteiger partial charge in [0.25, 0.3) is 0 Å². The molecule has 4 nitrogen and oxygen atoms in total. The lowest BCUT2D eigenvalue weighted by atomic mass is 10.0. The predicted octanol–water partition coefficient (Wildman–Crippen LogP) is 2.67. The van der Waals surface area contributed by atoms with Crippen LogP contribution in [-0.4, -0.2) is 21.1 Å². The number of thioether (sulfide) groups is 1. The smallest absolute Gasteiger partial charge is 0.304 e. The number of carboxylic acid groups (broad SMARTS) is 1. The number of nitrogens with one attached hydrogen (secondary N) is 1. The molecule has 98 valence electrons. The topological polar surface area (TPSA) is 66.4 Å². The van der Waals surface area contributed by atoms with Gasteiger partial charge in [0.2, 0.25) is 0 Å². The van der Waals surface area contributed by atoms with Crippen molar-refractivity contribution in [3.8, 4) is 0 Å². The number of benzene rings is 1. The van der Waals surface area contributed by atoms with E-state index in [4.69, 9.17) is 17.3 Å². The average Bonchev–Trinajstić information content (AvgIpc) is 2.65. The van der Waals surface area contributed by atoms with Crippen molar-refractivity contribution in [2.75, 3.05) is 5.32 Å². The molecule has 1 saturated heterocycles.